The molecule has 0 bridgehead atoms. The van der Waals surface area contributed by atoms with Gasteiger partial charge >= 0.3 is 0 Å². The lowest BCUT2D eigenvalue weighted by Crippen LogP contribution is -2.42. The van der Waals surface area contributed by atoms with Crippen LogP contribution in [0, 0.1) is 19.7 Å². The molecule has 10 nitrogen and oxygen atoms in total. The van der Waals surface area contributed by atoms with Crippen molar-refractivity contribution < 1.29 is 22.4 Å². The molecule has 0 aliphatic carbocycles. The third kappa shape index (κ3) is 3.98. The number of benzene rings is 1. The van der Waals surface area contributed by atoms with Crippen LogP contribution in [0.4, 0.5) is 15.8 Å². The summed E-state index contributed by atoms with van der Waals surface area (Å²) >= 11 is 0. The smallest absolute Gasteiger partial charge is 0.211 e. The van der Waals surface area contributed by atoms with Crippen LogP contribution in [0.5, 0.6) is 0 Å². The fourth-order valence-electron chi connectivity index (χ4n) is 4.44. The van der Waals surface area contributed by atoms with Crippen molar-refractivity contribution in [3.8, 4) is 11.1 Å². The number of nitrogens with zero attached hydrogens (tertiary/aromatic N) is 3. The Bertz CT molecular complexity index is 1490. The molecule has 5 rings (SSSR count). The fourth-order valence-corrected chi connectivity index (χ4v) is 4.98. The maximum Gasteiger partial charge on any atom is 0.211 e. The molecular formula is C24H23FN6O4S. The Kier molecular flexibility index (Phi) is 5.74. The maximum absolute atomic E-state index is 16.0. The first-order chi connectivity index (χ1) is 17.1. The van der Waals surface area contributed by atoms with Crippen molar-refractivity contribution in [2.24, 2.45) is 0 Å². The highest BCUT2D eigenvalue weighted by Gasteiger charge is 2.43. The van der Waals surface area contributed by atoms with Gasteiger partial charge in [-0.05, 0) is 44.2 Å². The molecule has 186 valence electrons. The Labute approximate surface area is 206 Å². The molecule has 1 aliphatic rings. The highest BCUT2D eigenvalue weighted by molar-refractivity contribution is 7.88. The lowest BCUT2D eigenvalue weighted by Gasteiger charge is -2.30. The standard InChI is InChI=1S/C24H23FN6O4S/c1-13-19(14(2)35-30-13)15-12-16(21-22(20(15)25)29-23(28-21)31-36(3,33)34)24(32,17-8-4-6-10-26-17)18-9-5-7-11-27-18/h4-12,23,28-29,31-32H,1-3H3. The zero-order chi connectivity index (χ0) is 25.7. The molecule has 4 N–H and O–H groups in total. The Morgan fingerprint density at radius 2 is 1.67 bits per heavy atom. The second-order valence-electron chi connectivity index (χ2n) is 8.49. The molecule has 4 heterocycles. The normalized spacial score (nSPS) is 15.3. The number of nitrogens with one attached hydrogen (secondary N) is 3. The SMILES string of the molecule is Cc1noc(C)c1-c1cc(C(O)(c2ccccn2)c2ccccn2)c2c(c1F)NC(NS(C)(=O)=O)N2. The summed E-state index contributed by atoms with van der Waals surface area (Å²) < 4.78 is 47.5. The van der Waals surface area contributed by atoms with Gasteiger partial charge in [0, 0.05) is 23.5 Å². The van der Waals surface area contributed by atoms with Crippen molar-refractivity contribution in [1.82, 2.24) is 19.8 Å². The summed E-state index contributed by atoms with van der Waals surface area (Å²) in [6.07, 6.45) is 2.98. The number of aryl methyl sites for hydroxylation is 2. The number of fused-ring (bicyclic) bond motifs is 1. The Morgan fingerprint density at radius 1 is 1.06 bits per heavy atom. The second kappa shape index (κ2) is 8.66. The van der Waals surface area contributed by atoms with Crippen molar-refractivity contribution in [2.45, 2.75) is 25.7 Å². The van der Waals surface area contributed by atoms with Crippen LogP contribution in [-0.2, 0) is 15.6 Å². The minimum atomic E-state index is -3.67. The topological polar surface area (TPSA) is 142 Å². The molecule has 0 amide bonds. The molecule has 0 spiro atoms. The highest BCUT2D eigenvalue weighted by Crippen LogP contribution is 2.48. The Hall–Kier alpha value is -3.87. The minimum Gasteiger partial charge on any atom is -0.373 e. The largest absolute Gasteiger partial charge is 0.373 e. The van der Waals surface area contributed by atoms with Gasteiger partial charge in [-0.25, -0.2) is 12.8 Å². The van der Waals surface area contributed by atoms with Crippen LogP contribution in [0.15, 0.2) is 59.4 Å². The van der Waals surface area contributed by atoms with Gasteiger partial charge in [0.25, 0.3) is 0 Å². The average Bonchev–Trinajstić information content (AvgIpc) is 3.42. The summed E-state index contributed by atoms with van der Waals surface area (Å²) in [5, 5.41) is 22.1. The van der Waals surface area contributed by atoms with Crippen molar-refractivity contribution in [3.63, 3.8) is 0 Å². The first kappa shape index (κ1) is 23.9. The molecule has 1 aromatic carbocycles. The summed E-state index contributed by atoms with van der Waals surface area (Å²) in [4.78, 5) is 8.77. The molecule has 1 atom stereocenters. The summed E-state index contributed by atoms with van der Waals surface area (Å²) in [5.41, 5.74) is -0.154. The summed E-state index contributed by atoms with van der Waals surface area (Å²) in [6, 6.07) is 11.6. The van der Waals surface area contributed by atoms with Gasteiger partial charge in [0.2, 0.25) is 10.0 Å². The number of rotatable bonds is 6. The lowest BCUT2D eigenvalue weighted by molar-refractivity contribution is 0.117. The van der Waals surface area contributed by atoms with Crippen molar-refractivity contribution in [1.29, 1.82) is 0 Å². The zero-order valence-corrected chi connectivity index (χ0v) is 20.4. The summed E-state index contributed by atoms with van der Waals surface area (Å²) in [6.45, 7) is 3.34. The van der Waals surface area contributed by atoms with E-state index in [1.54, 1.807) is 50.2 Å². The number of aromatic nitrogens is 3. The van der Waals surface area contributed by atoms with E-state index in [4.69, 9.17) is 4.52 Å². The molecule has 0 radical (unpaired) electrons. The number of halogens is 1. The molecule has 36 heavy (non-hydrogen) atoms. The van der Waals surface area contributed by atoms with Crippen LogP contribution in [0.2, 0.25) is 0 Å². The molecular weight excluding hydrogens is 487 g/mol. The Balaban J connectivity index is 1.83. The van der Waals surface area contributed by atoms with Crippen molar-refractivity contribution >= 4 is 21.4 Å². The van der Waals surface area contributed by atoms with Gasteiger partial charge in [-0.2, -0.15) is 4.72 Å². The third-order valence-electron chi connectivity index (χ3n) is 5.94. The van der Waals surface area contributed by atoms with Crippen LogP contribution >= 0.6 is 0 Å². The van der Waals surface area contributed by atoms with Crippen LogP contribution in [0.1, 0.15) is 28.4 Å². The van der Waals surface area contributed by atoms with Gasteiger partial charge in [0.05, 0.1) is 40.3 Å². The lowest BCUT2D eigenvalue weighted by atomic mass is 9.82. The minimum absolute atomic E-state index is 0.0334. The monoisotopic (exact) mass is 510 g/mol. The molecule has 1 unspecified atom stereocenters. The number of hydrogen-bond acceptors (Lipinski definition) is 9. The zero-order valence-electron chi connectivity index (χ0n) is 19.6. The second-order valence-corrected chi connectivity index (χ2v) is 10.3. The van der Waals surface area contributed by atoms with E-state index in [9.17, 15) is 13.5 Å². The number of anilines is 2. The third-order valence-corrected chi connectivity index (χ3v) is 6.60. The average molecular weight is 511 g/mol. The number of sulfonamides is 1. The van der Waals surface area contributed by atoms with Crippen LogP contribution < -0.4 is 15.4 Å². The molecule has 12 heteroatoms. The van der Waals surface area contributed by atoms with E-state index in [2.05, 4.69) is 30.5 Å². The molecule has 3 aromatic heterocycles. The summed E-state index contributed by atoms with van der Waals surface area (Å²) in [5.74, 6) is -0.286. The fraction of sp³-hybridized carbons (Fsp3) is 0.208. The van der Waals surface area contributed by atoms with Crippen LogP contribution in [-0.4, -0.2) is 41.2 Å². The van der Waals surface area contributed by atoms with Gasteiger partial charge in [-0.15, -0.1) is 0 Å². The molecule has 0 saturated heterocycles. The number of aliphatic hydroxyl groups is 1. The van der Waals surface area contributed by atoms with Crippen LogP contribution in [0.25, 0.3) is 11.1 Å². The quantitative estimate of drug-likeness (QED) is 0.308. The predicted octanol–water partition coefficient (Wildman–Crippen LogP) is 2.84. The molecule has 1 aliphatic heterocycles. The van der Waals surface area contributed by atoms with E-state index < -0.39 is 27.7 Å². The predicted molar refractivity (Wildman–Crippen MR) is 131 cm³/mol. The van der Waals surface area contributed by atoms with Crippen molar-refractivity contribution in [3.05, 3.63) is 89.1 Å². The van der Waals surface area contributed by atoms with Gasteiger partial charge < -0.3 is 20.3 Å². The van der Waals surface area contributed by atoms with E-state index >= 15 is 4.39 Å². The van der Waals surface area contributed by atoms with Gasteiger partial charge in [-0.3, -0.25) is 9.97 Å². The first-order valence-electron chi connectivity index (χ1n) is 11.0. The van der Waals surface area contributed by atoms with Gasteiger partial charge in [0.15, 0.2) is 17.7 Å². The van der Waals surface area contributed by atoms with Crippen LogP contribution in [0.3, 0.4) is 0 Å². The van der Waals surface area contributed by atoms with E-state index in [1.165, 1.54) is 18.5 Å². The number of pyridine rings is 2. The Morgan fingerprint density at radius 3 is 2.17 bits per heavy atom. The molecule has 4 aromatic rings. The first-order valence-corrected chi connectivity index (χ1v) is 12.8. The summed E-state index contributed by atoms with van der Waals surface area (Å²) in [7, 11) is -3.67. The number of hydrogen-bond donors (Lipinski definition) is 4. The van der Waals surface area contributed by atoms with Gasteiger partial charge in [-0.1, -0.05) is 17.3 Å². The molecule has 0 fully saturated rings. The van der Waals surface area contributed by atoms with Gasteiger partial charge in [0.1, 0.15) is 5.76 Å². The van der Waals surface area contributed by atoms with E-state index in [0.29, 0.717) is 17.0 Å². The highest BCUT2D eigenvalue weighted by atomic mass is 32.2. The van der Waals surface area contributed by atoms with E-state index in [-0.39, 0.29) is 33.9 Å². The van der Waals surface area contributed by atoms with Crippen molar-refractivity contribution in [2.75, 3.05) is 16.9 Å². The maximum atomic E-state index is 16.0. The van der Waals surface area contributed by atoms with E-state index in [1.807, 2.05) is 0 Å². The molecule has 0 saturated carbocycles. The van der Waals surface area contributed by atoms with E-state index in [0.717, 1.165) is 6.26 Å².